The first kappa shape index (κ1) is 22.5. The number of imide groups is 1. The number of anilines is 1. The fraction of sp³-hybridized carbons (Fsp3) is 0.423. The van der Waals surface area contributed by atoms with Crippen molar-refractivity contribution in [1.82, 2.24) is 15.1 Å². The minimum Gasteiger partial charge on any atom is -0.367 e. The number of aryl methyl sites for hydroxylation is 2. The van der Waals surface area contributed by atoms with Crippen LogP contribution < -0.4 is 10.2 Å². The summed E-state index contributed by atoms with van der Waals surface area (Å²) >= 11 is 0. The van der Waals surface area contributed by atoms with Crippen molar-refractivity contribution in [2.75, 3.05) is 31.1 Å². The second-order valence-electron chi connectivity index (χ2n) is 9.55. The topological polar surface area (TPSA) is 73.0 Å². The molecule has 178 valence electrons. The minimum atomic E-state index is -0.697. The van der Waals surface area contributed by atoms with Gasteiger partial charge in [-0.2, -0.15) is 0 Å². The van der Waals surface area contributed by atoms with Gasteiger partial charge in [0.15, 0.2) is 0 Å². The molecule has 0 saturated carbocycles. The molecule has 3 aliphatic rings. The Kier molecular flexibility index (Phi) is 5.85. The third kappa shape index (κ3) is 4.18. The van der Waals surface area contributed by atoms with Crippen LogP contribution in [0.15, 0.2) is 30.3 Å². The smallest absolute Gasteiger partial charge is 0.255 e. The van der Waals surface area contributed by atoms with Gasteiger partial charge >= 0.3 is 0 Å². The van der Waals surface area contributed by atoms with Gasteiger partial charge in [0.05, 0.1) is 5.69 Å². The summed E-state index contributed by atoms with van der Waals surface area (Å²) in [7, 11) is 0. The number of hydrogen-bond donors (Lipinski definition) is 1. The van der Waals surface area contributed by atoms with E-state index in [1.165, 1.54) is 27.7 Å². The summed E-state index contributed by atoms with van der Waals surface area (Å²) in [5, 5.41) is 2.30. The van der Waals surface area contributed by atoms with E-state index < -0.39 is 17.8 Å². The maximum absolute atomic E-state index is 15.1. The third-order valence-corrected chi connectivity index (χ3v) is 7.20. The monoisotopic (exact) mass is 464 g/mol. The Hall–Kier alpha value is -3.26. The molecule has 3 aliphatic heterocycles. The first-order valence-electron chi connectivity index (χ1n) is 11.8. The quantitative estimate of drug-likeness (QED) is 0.704. The second-order valence-corrected chi connectivity index (χ2v) is 9.55. The SMILES string of the molecule is Cc1ccc(C)c(CN2CCN(c3cc4c(cc3F)C(=O)N(C3CCC(=O)NC3=O)C4)CC2)c1. The van der Waals surface area contributed by atoms with Gasteiger partial charge in [-0.25, -0.2) is 4.39 Å². The number of fused-ring (bicyclic) bond motifs is 1. The van der Waals surface area contributed by atoms with Gasteiger partial charge < -0.3 is 9.80 Å². The fourth-order valence-corrected chi connectivity index (χ4v) is 5.18. The predicted molar refractivity (Wildman–Crippen MR) is 126 cm³/mol. The maximum Gasteiger partial charge on any atom is 0.255 e. The average Bonchev–Trinajstić information content (AvgIpc) is 3.11. The first-order chi connectivity index (χ1) is 16.3. The zero-order chi connectivity index (χ0) is 24.0. The van der Waals surface area contributed by atoms with Crippen LogP contribution in [0, 0.1) is 19.7 Å². The molecule has 0 aliphatic carbocycles. The van der Waals surface area contributed by atoms with Crippen LogP contribution in [0.25, 0.3) is 0 Å². The van der Waals surface area contributed by atoms with Gasteiger partial charge in [0.25, 0.3) is 5.91 Å². The lowest BCUT2D eigenvalue weighted by Crippen LogP contribution is -2.52. The molecule has 2 aromatic rings. The zero-order valence-electron chi connectivity index (χ0n) is 19.6. The molecule has 0 radical (unpaired) electrons. The molecule has 1 unspecified atom stereocenters. The van der Waals surface area contributed by atoms with Gasteiger partial charge in [-0.3, -0.25) is 24.6 Å². The Morgan fingerprint density at radius 1 is 1.03 bits per heavy atom. The maximum atomic E-state index is 15.1. The molecule has 2 saturated heterocycles. The fourth-order valence-electron chi connectivity index (χ4n) is 5.18. The van der Waals surface area contributed by atoms with Crippen LogP contribution in [0.5, 0.6) is 0 Å². The number of benzene rings is 2. The molecule has 34 heavy (non-hydrogen) atoms. The van der Waals surface area contributed by atoms with Crippen molar-refractivity contribution < 1.29 is 18.8 Å². The summed E-state index contributed by atoms with van der Waals surface area (Å²) in [5.74, 6) is -1.55. The van der Waals surface area contributed by atoms with E-state index in [-0.39, 0.29) is 24.8 Å². The van der Waals surface area contributed by atoms with Crippen molar-refractivity contribution >= 4 is 23.4 Å². The van der Waals surface area contributed by atoms with Crippen LogP contribution in [-0.2, 0) is 22.7 Å². The lowest BCUT2D eigenvalue weighted by Gasteiger charge is -2.36. The van der Waals surface area contributed by atoms with Crippen molar-refractivity contribution in [1.29, 1.82) is 0 Å². The van der Waals surface area contributed by atoms with Gasteiger partial charge in [-0.05, 0) is 49.1 Å². The Bertz CT molecular complexity index is 1170. The molecule has 2 aromatic carbocycles. The molecule has 1 N–H and O–H groups in total. The van der Waals surface area contributed by atoms with E-state index in [2.05, 4.69) is 42.3 Å². The van der Waals surface area contributed by atoms with E-state index in [4.69, 9.17) is 0 Å². The van der Waals surface area contributed by atoms with Gasteiger partial charge in [0.1, 0.15) is 11.9 Å². The molecular weight excluding hydrogens is 435 g/mol. The Morgan fingerprint density at radius 3 is 2.53 bits per heavy atom. The number of nitrogens with one attached hydrogen (secondary N) is 1. The van der Waals surface area contributed by atoms with Crippen molar-refractivity contribution in [3.63, 3.8) is 0 Å². The van der Waals surface area contributed by atoms with E-state index in [9.17, 15) is 14.4 Å². The van der Waals surface area contributed by atoms with Gasteiger partial charge in [0.2, 0.25) is 11.8 Å². The molecule has 0 spiro atoms. The number of carbonyl (C=O) groups excluding carboxylic acids is 3. The lowest BCUT2D eigenvalue weighted by molar-refractivity contribution is -0.136. The largest absolute Gasteiger partial charge is 0.367 e. The van der Waals surface area contributed by atoms with Gasteiger partial charge in [-0.15, -0.1) is 0 Å². The molecule has 0 bridgehead atoms. The molecule has 7 nitrogen and oxygen atoms in total. The van der Waals surface area contributed by atoms with Crippen molar-refractivity contribution in [2.24, 2.45) is 0 Å². The highest BCUT2D eigenvalue weighted by molar-refractivity contribution is 6.05. The molecular formula is C26H29FN4O3. The number of amides is 3. The molecule has 2 fully saturated rings. The Balaban J connectivity index is 1.27. The normalized spacial score (nSPS) is 21.1. The van der Waals surface area contributed by atoms with Crippen molar-refractivity contribution in [3.05, 3.63) is 64.0 Å². The summed E-state index contributed by atoms with van der Waals surface area (Å²) in [6.07, 6.45) is 0.491. The highest BCUT2D eigenvalue weighted by Crippen LogP contribution is 2.33. The highest BCUT2D eigenvalue weighted by Gasteiger charge is 2.40. The summed E-state index contributed by atoms with van der Waals surface area (Å²) in [6, 6.07) is 8.88. The van der Waals surface area contributed by atoms with E-state index in [0.717, 1.165) is 25.2 Å². The highest BCUT2D eigenvalue weighted by atomic mass is 19.1. The summed E-state index contributed by atoms with van der Waals surface area (Å²) in [5.41, 5.74) is 5.39. The van der Waals surface area contributed by atoms with Crippen molar-refractivity contribution in [2.45, 2.75) is 45.8 Å². The van der Waals surface area contributed by atoms with Crippen LogP contribution in [0.4, 0.5) is 10.1 Å². The lowest BCUT2D eigenvalue weighted by atomic mass is 10.0. The number of carbonyl (C=O) groups is 3. The van der Waals surface area contributed by atoms with Gasteiger partial charge in [-0.1, -0.05) is 23.8 Å². The van der Waals surface area contributed by atoms with Crippen LogP contribution in [0.2, 0.25) is 0 Å². The zero-order valence-corrected chi connectivity index (χ0v) is 19.6. The van der Waals surface area contributed by atoms with Gasteiger partial charge in [0, 0.05) is 51.3 Å². The summed E-state index contributed by atoms with van der Waals surface area (Å²) in [6.45, 7) is 8.41. The average molecular weight is 465 g/mol. The Labute approximate surface area is 198 Å². The van der Waals surface area contributed by atoms with Crippen molar-refractivity contribution in [3.8, 4) is 0 Å². The molecule has 8 heteroatoms. The van der Waals surface area contributed by atoms with E-state index in [0.29, 0.717) is 30.8 Å². The van der Waals surface area contributed by atoms with E-state index in [1.54, 1.807) is 6.07 Å². The number of piperidine rings is 1. The molecule has 0 aromatic heterocycles. The predicted octanol–water partition coefficient (Wildman–Crippen LogP) is 2.53. The first-order valence-corrected chi connectivity index (χ1v) is 11.8. The van der Waals surface area contributed by atoms with Crippen LogP contribution >= 0.6 is 0 Å². The molecule has 3 amide bonds. The number of hydrogen-bond acceptors (Lipinski definition) is 5. The number of piperazine rings is 1. The number of rotatable bonds is 4. The second kappa shape index (κ2) is 8.83. The standard InChI is InChI=1S/C26H29FN4O3/c1-16-3-4-17(2)18(11-16)14-29-7-9-30(10-8-29)23-12-19-15-31(26(34)20(19)13-21(23)27)22-5-6-24(32)28-25(22)33/h3-4,11-13,22H,5-10,14-15H2,1-2H3,(H,28,32,33). The molecule has 5 rings (SSSR count). The van der Waals surface area contributed by atoms with Crippen LogP contribution in [-0.4, -0.2) is 59.7 Å². The third-order valence-electron chi connectivity index (χ3n) is 7.20. The number of halogens is 1. The molecule has 3 heterocycles. The summed E-state index contributed by atoms with van der Waals surface area (Å²) < 4.78 is 15.1. The van der Waals surface area contributed by atoms with Crippen LogP contribution in [0.1, 0.15) is 45.5 Å². The minimum absolute atomic E-state index is 0.197. The van der Waals surface area contributed by atoms with E-state index in [1.807, 2.05) is 4.90 Å². The number of nitrogens with zero attached hydrogens (tertiary/aromatic N) is 3. The van der Waals surface area contributed by atoms with E-state index >= 15 is 4.39 Å². The Morgan fingerprint density at radius 2 is 1.79 bits per heavy atom. The summed E-state index contributed by atoms with van der Waals surface area (Å²) in [4.78, 5) is 42.5. The molecule has 1 atom stereocenters. The van der Waals surface area contributed by atoms with Crippen LogP contribution in [0.3, 0.4) is 0 Å².